The molecule has 2 nitrogen and oxygen atoms in total. The lowest BCUT2D eigenvalue weighted by Gasteiger charge is -2.10. The van der Waals surface area contributed by atoms with Gasteiger partial charge in [0.1, 0.15) is 11.6 Å². The third-order valence-corrected chi connectivity index (χ3v) is 4.38. The van der Waals surface area contributed by atoms with Crippen LogP contribution in [-0.2, 0) is 5.88 Å². The van der Waals surface area contributed by atoms with Gasteiger partial charge in [0.25, 0.3) is 0 Å². The fraction of sp³-hybridized carbons (Fsp3) is 0.133. The first-order valence-corrected chi connectivity index (χ1v) is 7.90. The van der Waals surface area contributed by atoms with E-state index in [1.807, 2.05) is 25.1 Å². The van der Waals surface area contributed by atoms with Crippen LogP contribution in [0.4, 0.5) is 4.39 Å². The summed E-state index contributed by atoms with van der Waals surface area (Å²) in [5.41, 5.74) is 3.09. The molecule has 0 atom stereocenters. The number of fused-ring (bicyclic) bond motifs is 1. The van der Waals surface area contributed by atoms with Crippen LogP contribution in [0, 0.1) is 12.7 Å². The van der Waals surface area contributed by atoms with E-state index in [4.69, 9.17) is 23.2 Å². The van der Waals surface area contributed by atoms with Crippen LogP contribution in [0.1, 0.15) is 11.4 Å². The lowest BCUT2D eigenvalue weighted by Crippen LogP contribution is -2.00. The van der Waals surface area contributed by atoms with E-state index in [2.05, 4.69) is 20.9 Å². The maximum absolute atomic E-state index is 13.9. The molecule has 1 aromatic heterocycles. The smallest absolute Gasteiger partial charge is 0.139 e. The highest BCUT2D eigenvalue weighted by molar-refractivity contribution is 9.10. The Labute approximate surface area is 139 Å². The zero-order valence-corrected chi connectivity index (χ0v) is 14.1. The molecule has 0 radical (unpaired) electrons. The van der Waals surface area contributed by atoms with Crippen LogP contribution in [-0.4, -0.2) is 9.55 Å². The second-order valence-corrected chi connectivity index (χ2v) is 6.24. The van der Waals surface area contributed by atoms with Crippen LogP contribution in [0.2, 0.25) is 5.02 Å². The third kappa shape index (κ3) is 2.56. The van der Waals surface area contributed by atoms with Gasteiger partial charge in [-0.15, -0.1) is 11.6 Å². The summed E-state index contributed by atoms with van der Waals surface area (Å²) in [5, 5.41) is 0.573. The zero-order chi connectivity index (χ0) is 15.1. The Balaban J connectivity index is 2.37. The Bertz CT molecular complexity index is 845. The van der Waals surface area contributed by atoms with E-state index >= 15 is 0 Å². The highest BCUT2D eigenvalue weighted by Gasteiger charge is 2.16. The van der Waals surface area contributed by atoms with Crippen LogP contribution >= 0.6 is 39.1 Å². The van der Waals surface area contributed by atoms with Crippen LogP contribution in [0.15, 0.2) is 34.8 Å². The lowest BCUT2D eigenvalue weighted by molar-refractivity contribution is 0.622. The molecular formula is C15H10BrCl2FN2. The van der Waals surface area contributed by atoms with Crippen molar-refractivity contribution in [3.8, 4) is 5.69 Å². The number of rotatable bonds is 2. The molecule has 0 saturated heterocycles. The monoisotopic (exact) mass is 386 g/mol. The molecular weight excluding hydrogens is 378 g/mol. The third-order valence-electron chi connectivity index (χ3n) is 3.23. The highest BCUT2D eigenvalue weighted by Crippen LogP contribution is 2.30. The maximum Gasteiger partial charge on any atom is 0.139 e. The summed E-state index contributed by atoms with van der Waals surface area (Å²) in [6, 6.07) is 8.75. The summed E-state index contributed by atoms with van der Waals surface area (Å²) in [6.07, 6.45) is 0. The molecule has 0 spiro atoms. The molecule has 0 fully saturated rings. The quantitative estimate of drug-likeness (QED) is 0.521. The van der Waals surface area contributed by atoms with Crippen LogP contribution in [0.3, 0.4) is 0 Å². The number of alkyl halides is 1. The molecule has 0 aliphatic carbocycles. The zero-order valence-electron chi connectivity index (χ0n) is 11.0. The molecule has 1 heterocycles. The van der Waals surface area contributed by atoms with Crippen molar-refractivity contribution in [2.24, 2.45) is 0 Å². The number of imidazole rings is 1. The van der Waals surface area contributed by atoms with Gasteiger partial charge in [0.15, 0.2) is 0 Å². The van der Waals surface area contributed by atoms with Gasteiger partial charge in [-0.3, -0.25) is 4.57 Å². The van der Waals surface area contributed by atoms with E-state index in [0.29, 0.717) is 26.4 Å². The van der Waals surface area contributed by atoms with Crippen molar-refractivity contribution in [1.82, 2.24) is 9.55 Å². The molecule has 0 amide bonds. The Morgan fingerprint density at radius 2 is 2.05 bits per heavy atom. The van der Waals surface area contributed by atoms with Crippen molar-refractivity contribution in [3.05, 3.63) is 57.0 Å². The van der Waals surface area contributed by atoms with E-state index in [0.717, 1.165) is 11.3 Å². The molecule has 0 saturated carbocycles. The minimum absolute atomic E-state index is 0.206. The van der Waals surface area contributed by atoms with E-state index in [1.165, 1.54) is 6.07 Å². The predicted octanol–water partition coefficient (Wildman–Crippen LogP) is 5.63. The fourth-order valence-electron chi connectivity index (χ4n) is 2.27. The molecule has 21 heavy (non-hydrogen) atoms. The number of nitrogens with zero attached hydrogens (tertiary/aromatic N) is 2. The molecule has 6 heteroatoms. The first-order chi connectivity index (χ1) is 10.0. The van der Waals surface area contributed by atoms with Gasteiger partial charge >= 0.3 is 0 Å². The molecule has 0 bridgehead atoms. The standard InChI is InChI=1S/C15H10BrCl2FN2/c1-8-2-3-13(10(18)4-8)21-14-6-11(19)9(16)5-12(14)20-15(21)7-17/h2-6H,7H2,1H3. The number of benzene rings is 2. The van der Waals surface area contributed by atoms with Crippen LogP contribution in [0.25, 0.3) is 16.7 Å². The van der Waals surface area contributed by atoms with Gasteiger partial charge in [0, 0.05) is 6.07 Å². The molecule has 3 rings (SSSR count). The molecule has 0 unspecified atom stereocenters. The number of hydrogen-bond donors (Lipinski definition) is 0. The average Bonchev–Trinajstić information content (AvgIpc) is 2.77. The highest BCUT2D eigenvalue weighted by atomic mass is 79.9. The van der Waals surface area contributed by atoms with Crippen molar-refractivity contribution in [3.63, 3.8) is 0 Å². The largest absolute Gasteiger partial charge is 0.294 e. The summed E-state index contributed by atoms with van der Waals surface area (Å²) in [4.78, 5) is 4.45. The van der Waals surface area contributed by atoms with Crippen LogP contribution in [0.5, 0.6) is 0 Å². The summed E-state index contributed by atoms with van der Waals surface area (Å²) in [6.45, 7) is 1.96. The molecule has 108 valence electrons. The Kier molecular flexibility index (Phi) is 3.95. The SMILES string of the molecule is Cc1ccc(-n2c(CCl)nc3cc(Br)c(F)cc32)c(Cl)c1. The maximum atomic E-state index is 13.9. The van der Waals surface area contributed by atoms with Crippen molar-refractivity contribution >= 4 is 50.2 Å². The van der Waals surface area contributed by atoms with Gasteiger partial charge in [-0.2, -0.15) is 0 Å². The fourth-order valence-corrected chi connectivity index (χ4v) is 3.10. The normalized spacial score (nSPS) is 11.3. The molecule has 0 aliphatic rings. The number of aryl methyl sites for hydroxylation is 1. The first kappa shape index (κ1) is 14.8. The Morgan fingerprint density at radius 1 is 1.29 bits per heavy atom. The molecule has 3 aromatic rings. The minimum atomic E-state index is -0.354. The van der Waals surface area contributed by atoms with Gasteiger partial charge in [0.2, 0.25) is 0 Å². The van der Waals surface area contributed by atoms with Gasteiger partial charge in [0.05, 0.1) is 32.1 Å². The van der Waals surface area contributed by atoms with Gasteiger partial charge in [-0.1, -0.05) is 17.7 Å². The van der Waals surface area contributed by atoms with Crippen molar-refractivity contribution in [2.45, 2.75) is 12.8 Å². The van der Waals surface area contributed by atoms with Crippen molar-refractivity contribution in [1.29, 1.82) is 0 Å². The summed E-state index contributed by atoms with van der Waals surface area (Å²) in [7, 11) is 0. The van der Waals surface area contributed by atoms with Gasteiger partial charge in [-0.25, -0.2) is 9.37 Å². The van der Waals surface area contributed by atoms with E-state index in [9.17, 15) is 4.39 Å². The molecule has 0 aliphatic heterocycles. The first-order valence-electron chi connectivity index (χ1n) is 6.20. The summed E-state index contributed by atoms with van der Waals surface area (Å²) >= 11 is 15.5. The van der Waals surface area contributed by atoms with E-state index < -0.39 is 0 Å². The number of hydrogen-bond acceptors (Lipinski definition) is 1. The van der Waals surface area contributed by atoms with Crippen molar-refractivity contribution < 1.29 is 4.39 Å². The minimum Gasteiger partial charge on any atom is -0.294 e. The summed E-state index contributed by atoms with van der Waals surface area (Å²) < 4.78 is 16.0. The lowest BCUT2D eigenvalue weighted by atomic mass is 10.2. The predicted molar refractivity (Wildman–Crippen MR) is 88.0 cm³/mol. The van der Waals surface area contributed by atoms with E-state index in [1.54, 1.807) is 10.6 Å². The summed E-state index contributed by atoms with van der Waals surface area (Å²) in [5.74, 6) is 0.473. The van der Waals surface area contributed by atoms with E-state index in [-0.39, 0.29) is 11.7 Å². The number of aromatic nitrogens is 2. The van der Waals surface area contributed by atoms with Crippen molar-refractivity contribution in [2.75, 3.05) is 0 Å². The Morgan fingerprint density at radius 3 is 2.71 bits per heavy atom. The topological polar surface area (TPSA) is 17.8 Å². The molecule has 0 N–H and O–H groups in total. The number of halogens is 4. The average molecular weight is 388 g/mol. The van der Waals surface area contributed by atoms with Gasteiger partial charge < -0.3 is 0 Å². The molecule has 2 aromatic carbocycles. The van der Waals surface area contributed by atoms with Crippen LogP contribution < -0.4 is 0 Å². The second-order valence-electron chi connectivity index (χ2n) is 4.71. The van der Waals surface area contributed by atoms with Gasteiger partial charge in [-0.05, 0) is 46.6 Å². The Hall–Kier alpha value is -1.10. The second kappa shape index (κ2) is 5.59.